The first-order chi connectivity index (χ1) is 13.0. The molecular weight excluding hydrogens is 356 g/mol. The van der Waals surface area contributed by atoms with E-state index in [4.69, 9.17) is 0 Å². The summed E-state index contributed by atoms with van der Waals surface area (Å²) in [6, 6.07) is 8.12. The van der Waals surface area contributed by atoms with E-state index >= 15 is 0 Å². The fraction of sp³-hybridized carbons (Fsp3) is 0.111. The van der Waals surface area contributed by atoms with E-state index in [1.807, 2.05) is 0 Å². The Morgan fingerprint density at radius 1 is 1.04 bits per heavy atom. The Morgan fingerprint density at radius 3 is 2.63 bits per heavy atom. The monoisotopic (exact) mass is 369 g/mol. The van der Waals surface area contributed by atoms with Crippen LogP contribution in [0, 0.1) is 11.6 Å². The maximum absolute atomic E-state index is 13.7. The van der Waals surface area contributed by atoms with E-state index in [2.05, 4.69) is 15.4 Å². The molecule has 136 valence electrons. The number of nitrogens with one attached hydrogen (secondary N) is 1. The molecule has 0 unspecified atom stereocenters. The number of carbonyl (C=O) groups is 1. The minimum Gasteiger partial charge on any atom is -0.311 e. The molecule has 0 radical (unpaired) electrons. The lowest BCUT2D eigenvalue weighted by molar-refractivity contribution is -0.116. The highest BCUT2D eigenvalue weighted by Crippen LogP contribution is 2.16. The smallest absolute Gasteiger partial charge is 0.277 e. The predicted molar refractivity (Wildman–Crippen MR) is 94.4 cm³/mol. The van der Waals surface area contributed by atoms with Crippen LogP contribution in [0.4, 0.5) is 14.6 Å². The van der Waals surface area contributed by atoms with Gasteiger partial charge in [-0.2, -0.15) is 5.10 Å². The van der Waals surface area contributed by atoms with Crippen molar-refractivity contribution in [3.05, 3.63) is 70.8 Å². The molecule has 0 atom stereocenters. The van der Waals surface area contributed by atoms with Gasteiger partial charge in [0.05, 0.1) is 23.4 Å². The van der Waals surface area contributed by atoms with E-state index in [0.29, 0.717) is 16.6 Å². The molecule has 7 nitrogen and oxygen atoms in total. The maximum Gasteiger partial charge on any atom is 0.277 e. The molecule has 1 aromatic carbocycles. The van der Waals surface area contributed by atoms with Crippen LogP contribution in [0.5, 0.6) is 0 Å². The van der Waals surface area contributed by atoms with Gasteiger partial charge in [-0.1, -0.05) is 0 Å². The van der Waals surface area contributed by atoms with Crippen LogP contribution in [0.25, 0.3) is 16.6 Å². The number of anilines is 1. The third kappa shape index (κ3) is 3.14. The Morgan fingerprint density at radius 2 is 1.85 bits per heavy atom. The van der Waals surface area contributed by atoms with Crippen LogP contribution in [-0.4, -0.2) is 25.1 Å². The Labute approximate surface area is 150 Å². The first kappa shape index (κ1) is 16.8. The van der Waals surface area contributed by atoms with Crippen molar-refractivity contribution in [3.63, 3.8) is 0 Å². The molecule has 9 heteroatoms. The molecule has 4 rings (SSSR count). The molecule has 3 aromatic heterocycles. The minimum absolute atomic E-state index is 0.0352. The zero-order valence-corrected chi connectivity index (χ0v) is 13.9. The summed E-state index contributed by atoms with van der Waals surface area (Å²) < 4.78 is 29.4. The fourth-order valence-electron chi connectivity index (χ4n) is 2.89. The van der Waals surface area contributed by atoms with Crippen molar-refractivity contribution in [2.24, 2.45) is 0 Å². The Hall–Kier alpha value is -3.62. The number of rotatable bonds is 4. The van der Waals surface area contributed by atoms with Gasteiger partial charge in [0, 0.05) is 13.0 Å². The highest BCUT2D eigenvalue weighted by molar-refractivity contribution is 5.89. The van der Waals surface area contributed by atoms with Crippen LogP contribution in [0.2, 0.25) is 0 Å². The van der Waals surface area contributed by atoms with Gasteiger partial charge in [-0.05, 0) is 36.4 Å². The van der Waals surface area contributed by atoms with Gasteiger partial charge in [0.2, 0.25) is 5.91 Å². The van der Waals surface area contributed by atoms with E-state index in [1.165, 1.54) is 45.6 Å². The number of hydrogen-bond donors (Lipinski definition) is 1. The number of aryl methyl sites for hydroxylation is 1. The topological polar surface area (TPSA) is 81.3 Å². The first-order valence-electron chi connectivity index (χ1n) is 8.10. The number of hydrogen-bond acceptors (Lipinski definition) is 4. The molecule has 1 N–H and O–H groups in total. The van der Waals surface area contributed by atoms with Gasteiger partial charge in [0.1, 0.15) is 23.0 Å². The lowest BCUT2D eigenvalue weighted by atomic mass is 10.2. The number of carbonyl (C=O) groups excluding carboxylic acids is 1. The van der Waals surface area contributed by atoms with Crippen LogP contribution in [0.3, 0.4) is 0 Å². The molecule has 0 fully saturated rings. The molecule has 0 aliphatic rings. The minimum atomic E-state index is -0.512. The van der Waals surface area contributed by atoms with Crippen LogP contribution < -0.4 is 10.9 Å². The molecule has 1 amide bonds. The zero-order chi connectivity index (χ0) is 19.0. The summed E-state index contributed by atoms with van der Waals surface area (Å²) in [5, 5.41) is 6.63. The summed E-state index contributed by atoms with van der Waals surface area (Å²) in [5.74, 6) is -1.21. The highest BCUT2D eigenvalue weighted by Gasteiger charge is 2.13. The van der Waals surface area contributed by atoms with Crippen molar-refractivity contribution in [3.8, 4) is 0 Å². The third-order valence-corrected chi connectivity index (χ3v) is 4.12. The molecule has 0 saturated heterocycles. The third-order valence-electron chi connectivity index (χ3n) is 4.12. The number of fused-ring (bicyclic) bond motifs is 3. The Kier molecular flexibility index (Phi) is 4.11. The van der Waals surface area contributed by atoms with E-state index < -0.39 is 17.5 Å². The highest BCUT2D eigenvalue weighted by atomic mass is 19.1. The number of pyridine rings is 1. The molecular formula is C18H13F2N5O2. The molecule has 0 aliphatic heterocycles. The molecule has 0 aliphatic carbocycles. The van der Waals surface area contributed by atoms with E-state index in [0.717, 1.165) is 6.20 Å². The maximum atomic E-state index is 13.7. The second-order valence-electron chi connectivity index (χ2n) is 5.88. The second kappa shape index (κ2) is 6.60. The molecule has 27 heavy (non-hydrogen) atoms. The van der Waals surface area contributed by atoms with Crippen molar-refractivity contribution in [1.82, 2.24) is 19.2 Å². The molecule has 4 aromatic rings. The summed E-state index contributed by atoms with van der Waals surface area (Å²) in [7, 11) is 0. The van der Waals surface area contributed by atoms with Crippen molar-refractivity contribution >= 4 is 28.3 Å². The Balaban J connectivity index is 1.65. The normalized spacial score (nSPS) is 11.2. The summed E-state index contributed by atoms with van der Waals surface area (Å²) in [5.41, 5.74) is 0.841. The van der Waals surface area contributed by atoms with Crippen LogP contribution in [-0.2, 0) is 11.3 Å². The molecule has 3 heterocycles. The average Bonchev–Trinajstić information content (AvgIpc) is 3.13. The van der Waals surface area contributed by atoms with Gasteiger partial charge < -0.3 is 9.88 Å². The standard InChI is InChI=1S/C18H13F2N5O2/c19-11-1-3-13-15(9-11)24(18(27)14-5-7-22-25(13)14)8-6-17(26)23-16-4-2-12(20)10-21-16/h1-5,7,9-10H,6,8H2,(H,21,23,26). The number of amides is 1. The van der Waals surface area contributed by atoms with Crippen LogP contribution in [0.15, 0.2) is 53.6 Å². The molecule has 0 spiro atoms. The van der Waals surface area contributed by atoms with Gasteiger partial charge in [0.15, 0.2) is 0 Å². The van der Waals surface area contributed by atoms with Gasteiger partial charge in [0.25, 0.3) is 5.56 Å². The zero-order valence-electron chi connectivity index (χ0n) is 13.9. The first-order valence-corrected chi connectivity index (χ1v) is 8.10. The largest absolute Gasteiger partial charge is 0.311 e. The number of aromatic nitrogens is 4. The SMILES string of the molecule is O=C(CCn1c(=O)c2ccnn2c2ccc(F)cc21)Nc1ccc(F)cn1. The molecule has 0 saturated carbocycles. The van der Waals surface area contributed by atoms with Crippen molar-refractivity contribution < 1.29 is 13.6 Å². The van der Waals surface area contributed by atoms with E-state index in [9.17, 15) is 18.4 Å². The van der Waals surface area contributed by atoms with Crippen molar-refractivity contribution in [1.29, 1.82) is 0 Å². The van der Waals surface area contributed by atoms with Gasteiger partial charge in [-0.15, -0.1) is 0 Å². The summed E-state index contributed by atoms with van der Waals surface area (Å²) in [6.07, 6.45) is 2.43. The summed E-state index contributed by atoms with van der Waals surface area (Å²) in [6.45, 7) is 0.0352. The Bertz CT molecular complexity index is 1210. The lowest BCUT2D eigenvalue weighted by Gasteiger charge is -2.12. The summed E-state index contributed by atoms with van der Waals surface area (Å²) >= 11 is 0. The summed E-state index contributed by atoms with van der Waals surface area (Å²) in [4.78, 5) is 28.6. The van der Waals surface area contributed by atoms with Crippen LogP contribution in [0.1, 0.15) is 6.42 Å². The average molecular weight is 369 g/mol. The van der Waals surface area contributed by atoms with E-state index in [1.54, 1.807) is 6.07 Å². The van der Waals surface area contributed by atoms with Gasteiger partial charge >= 0.3 is 0 Å². The van der Waals surface area contributed by atoms with Gasteiger partial charge in [-0.3, -0.25) is 9.59 Å². The van der Waals surface area contributed by atoms with Crippen molar-refractivity contribution in [2.45, 2.75) is 13.0 Å². The lowest BCUT2D eigenvalue weighted by Crippen LogP contribution is -2.25. The van der Waals surface area contributed by atoms with Gasteiger partial charge in [-0.25, -0.2) is 18.3 Å². The predicted octanol–water partition coefficient (Wildman–Crippen LogP) is 2.35. The van der Waals surface area contributed by atoms with Crippen molar-refractivity contribution in [2.75, 3.05) is 5.32 Å². The van der Waals surface area contributed by atoms with E-state index in [-0.39, 0.29) is 24.3 Å². The number of halogens is 2. The quantitative estimate of drug-likeness (QED) is 0.599. The van der Waals surface area contributed by atoms with Crippen LogP contribution >= 0.6 is 0 Å². The number of nitrogens with zero attached hydrogens (tertiary/aromatic N) is 4. The fourth-order valence-corrected chi connectivity index (χ4v) is 2.89. The molecule has 0 bridgehead atoms. The second-order valence-corrected chi connectivity index (χ2v) is 5.88. The number of benzene rings is 1.